The number of halogens is 1. The molecule has 0 amide bonds. The van der Waals surface area contributed by atoms with E-state index < -0.39 is 0 Å². The van der Waals surface area contributed by atoms with Gasteiger partial charge in [0.25, 0.3) is 5.56 Å². The molecule has 2 N–H and O–H groups in total. The molecule has 0 radical (unpaired) electrons. The minimum absolute atomic E-state index is 0.00814. The van der Waals surface area contributed by atoms with E-state index in [1.165, 1.54) is 4.80 Å². The van der Waals surface area contributed by atoms with Crippen molar-refractivity contribution in [2.24, 2.45) is 7.05 Å². The molecular weight excluding hydrogens is 482 g/mol. The number of tetrazole rings is 1. The number of aliphatic hydroxyl groups is 1. The van der Waals surface area contributed by atoms with Gasteiger partial charge < -0.3 is 10.4 Å². The third-order valence-corrected chi connectivity index (χ3v) is 6.88. The SMILES string of the molecule is Cc1cc(CCNc2ccc(Cl)nc2-c2nnn(C)n2)c2c(c1)c(=O)n1c3c2cnn3C(CO)CC1. The fraction of sp³-hybridized carbons (Fsp3) is 0.333. The van der Waals surface area contributed by atoms with Gasteiger partial charge in [0.15, 0.2) is 0 Å². The van der Waals surface area contributed by atoms with Crippen LogP contribution in [0.1, 0.15) is 23.6 Å². The minimum Gasteiger partial charge on any atom is -0.394 e. The third kappa shape index (κ3) is 3.62. The van der Waals surface area contributed by atoms with Crippen LogP contribution >= 0.6 is 11.6 Å². The molecule has 0 aliphatic carbocycles. The lowest BCUT2D eigenvalue weighted by Gasteiger charge is -2.24. The monoisotopic (exact) mass is 505 g/mol. The standard InChI is InChI=1S/C24H24ClN9O2/c1-13-9-14(5-7-26-18-3-4-19(25)28-21(18)22-29-31-32(2)30-22)20-16(10-13)24(36)33-8-6-15(12-35)34-23(33)17(20)11-27-34/h3-4,9-11,15,26,35H,5-8,12H2,1-2H3. The van der Waals surface area contributed by atoms with Crippen molar-refractivity contribution >= 4 is 39.1 Å². The maximum absolute atomic E-state index is 13.5. The smallest absolute Gasteiger partial charge is 0.260 e. The first-order chi connectivity index (χ1) is 17.4. The maximum Gasteiger partial charge on any atom is 0.260 e. The van der Waals surface area contributed by atoms with E-state index in [1.807, 2.05) is 25.3 Å². The van der Waals surface area contributed by atoms with E-state index in [2.05, 4.69) is 36.9 Å². The Balaban J connectivity index is 1.39. The van der Waals surface area contributed by atoms with E-state index in [0.29, 0.717) is 48.0 Å². The number of aryl methyl sites for hydroxylation is 3. The number of aromatic nitrogens is 8. The summed E-state index contributed by atoms with van der Waals surface area (Å²) in [6, 6.07) is 7.50. The summed E-state index contributed by atoms with van der Waals surface area (Å²) >= 11 is 6.13. The summed E-state index contributed by atoms with van der Waals surface area (Å²) in [7, 11) is 1.69. The number of pyridine rings is 2. The van der Waals surface area contributed by atoms with Crippen molar-refractivity contribution in [3.05, 3.63) is 57.1 Å². The molecule has 0 saturated heterocycles. The van der Waals surface area contributed by atoms with Crippen LogP contribution in [0, 0.1) is 6.92 Å². The van der Waals surface area contributed by atoms with Gasteiger partial charge in [-0.1, -0.05) is 23.2 Å². The molecule has 11 nitrogen and oxygen atoms in total. The van der Waals surface area contributed by atoms with E-state index in [0.717, 1.165) is 33.2 Å². The zero-order valence-electron chi connectivity index (χ0n) is 19.8. The van der Waals surface area contributed by atoms with Gasteiger partial charge in [0.1, 0.15) is 16.5 Å². The second-order valence-corrected chi connectivity index (χ2v) is 9.45. The van der Waals surface area contributed by atoms with Crippen molar-refractivity contribution in [2.45, 2.75) is 32.4 Å². The first-order valence-electron chi connectivity index (χ1n) is 11.7. The fourth-order valence-corrected chi connectivity index (χ4v) is 5.24. The lowest BCUT2D eigenvalue weighted by molar-refractivity contribution is 0.200. The molecule has 0 saturated carbocycles. The minimum atomic E-state index is -0.125. The van der Waals surface area contributed by atoms with E-state index in [4.69, 9.17) is 11.6 Å². The number of benzene rings is 1. The Morgan fingerprint density at radius 3 is 2.89 bits per heavy atom. The van der Waals surface area contributed by atoms with Crippen LogP contribution in [0.15, 0.2) is 35.3 Å². The number of anilines is 1. The molecule has 184 valence electrons. The Labute approximate surface area is 210 Å². The summed E-state index contributed by atoms with van der Waals surface area (Å²) in [5.74, 6) is 0.381. The summed E-state index contributed by atoms with van der Waals surface area (Å²) in [5.41, 5.74) is 4.09. The number of nitrogens with zero attached hydrogens (tertiary/aromatic N) is 8. The Kier molecular flexibility index (Phi) is 5.45. The first-order valence-corrected chi connectivity index (χ1v) is 12.1. The molecule has 0 bridgehead atoms. The predicted molar refractivity (Wildman–Crippen MR) is 136 cm³/mol. The van der Waals surface area contributed by atoms with E-state index in [9.17, 15) is 9.90 Å². The number of nitrogens with one attached hydrogen (secondary N) is 1. The normalized spacial score (nSPS) is 15.2. The lowest BCUT2D eigenvalue weighted by Crippen LogP contribution is -2.31. The third-order valence-electron chi connectivity index (χ3n) is 6.67. The van der Waals surface area contributed by atoms with Gasteiger partial charge in [0, 0.05) is 29.2 Å². The molecule has 4 aromatic heterocycles. The van der Waals surface area contributed by atoms with Gasteiger partial charge in [-0.05, 0) is 48.7 Å². The number of hydrogen-bond acceptors (Lipinski definition) is 8. The van der Waals surface area contributed by atoms with E-state index in [-0.39, 0.29) is 18.2 Å². The predicted octanol–water partition coefficient (Wildman–Crippen LogP) is 2.49. The Bertz CT molecular complexity index is 1690. The Hall–Kier alpha value is -3.83. The van der Waals surface area contributed by atoms with Crippen LogP contribution in [0.2, 0.25) is 5.15 Å². The average Bonchev–Trinajstić information content (AvgIpc) is 3.50. The molecule has 1 aliphatic rings. The van der Waals surface area contributed by atoms with Crippen LogP contribution in [0.5, 0.6) is 0 Å². The molecule has 1 aromatic carbocycles. The fourth-order valence-electron chi connectivity index (χ4n) is 5.09. The average molecular weight is 506 g/mol. The van der Waals surface area contributed by atoms with Crippen LogP contribution in [-0.2, 0) is 20.0 Å². The molecule has 5 aromatic rings. The van der Waals surface area contributed by atoms with E-state index >= 15 is 0 Å². The topological polar surface area (TPSA) is 129 Å². The summed E-state index contributed by atoms with van der Waals surface area (Å²) in [4.78, 5) is 19.3. The number of rotatable bonds is 6. The molecule has 12 heteroatoms. The van der Waals surface area contributed by atoms with Crippen molar-refractivity contribution in [1.29, 1.82) is 0 Å². The van der Waals surface area contributed by atoms with Gasteiger partial charge >= 0.3 is 0 Å². The molecule has 5 heterocycles. The van der Waals surface area contributed by atoms with Gasteiger partial charge in [-0.2, -0.15) is 9.90 Å². The van der Waals surface area contributed by atoms with Crippen LogP contribution < -0.4 is 10.9 Å². The quantitative estimate of drug-likeness (QED) is 0.337. The summed E-state index contributed by atoms with van der Waals surface area (Å²) < 4.78 is 3.58. The van der Waals surface area contributed by atoms with Crippen molar-refractivity contribution in [3.8, 4) is 11.5 Å². The number of aliphatic hydroxyl groups excluding tert-OH is 1. The molecule has 1 unspecified atom stereocenters. The lowest BCUT2D eigenvalue weighted by atomic mass is 9.97. The second kappa shape index (κ2) is 8.68. The van der Waals surface area contributed by atoms with Crippen LogP contribution in [0.3, 0.4) is 0 Å². The largest absolute Gasteiger partial charge is 0.394 e. The molecule has 0 spiro atoms. The number of hydrogen-bond donors (Lipinski definition) is 2. The molecular formula is C24H24ClN9O2. The van der Waals surface area contributed by atoms with Gasteiger partial charge in [-0.15, -0.1) is 10.2 Å². The second-order valence-electron chi connectivity index (χ2n) is 9.06. The molecule has 6 rings (SSSR count). The van der Waals surface area contributed by atoms with Crippen molar-refractivity contribution in [2.75, 3.05) is 18.5 Å². The Morgan fingerprint density at radius 2 is 2.11 bits per heavy atom. The summed E-state index contributed by atoms with van der Waals surface area (Å²) in [6.45, 7) is 3.14. The van der Waals surface area contributed by atoms with Gasteiger partial charge in [0.05, 0.1) is 31.6 Å². The van der Waals surface area contributed by atoms with Crippen LogP contribution in [0.4, 0.5) is 5.69 Å². The molecule has 1 aliphatic heterocycles. The van der Waals surface area contributed by atoms with Crippen molar-refractivity contribution < 1.29 is 5.11 Å². The first kappa shape index (κ1) is 22.6. The highest BCUT2D eigenvalue weighted by Gasteiger charge is 2.26. The molecule has 0 fully saturated rings. The molecule has 36 heavy (non-hydrogen) atoms. The van der Waals surface area contributed by atoms with Crippen molar-refractivity contribution in [3.63, 3.8) is 0 Å². The maximum atomic E-state index is 13.5. The summed E-state index contributed by atoms with van der Waals surface area (Å²) in [5, 5.41) is 32.9. The van der Waals surface area contributed by atoms with Crippen molar-refractivity contribution in [1.82, 2.24) is 39.5 Å². The van der Waals surface area contributed by atoms with Gasteiger partial charge in [0.2, 0.25) is 5.82 Å². The highest BCUT2D eigenvalue weighted by Crippen LogP contribution is 2.32. The molecule has 1 atom stereocenters. The summed E-state index contributed by atoms with van der Waals surface area (Å²) in [6.07, 6.45) is 3.14. The number of fused-ring (bicyclic) bond motifs is 2. The highest BCUT2D eigenvalue weighted by molar-refractivity contribution is 6.29. The zero-order chi connectivity index (χ0) is 25.0. The van der Waals surface area contributed by atoms with E-state index in [1.54, 1.807) is 22.4 Å². The zero-order valence-corrected chi connectivity index (χ0v) is 20.6. The van der Waals surface area contributed by atoms with Gasteiger partial charge in [-0.3, -0.25) is 9.36 Å². The Morgan fingerprint density at radius 1 is 1.25 bits per heavy atom. The highest BCUT2D eigenvalue weighted by atomic mass is 35.5. The van der Waals surface area contributed by atoms with Crippen LogP contribution in [0.25, 0.3) is 33.3 Å². The van der Waals surface area contributed by atoms with Gasteiger partial charge in [-0.25, -0.2) is 9.67 Å². The van der Waals surface area contributed by atoms with Crippen LogP contribution in [-0.4, -0.2) is 57.8 Å².